The van der Waals surface area contributed by atoms with Gasteiger partial charge in [-0.25, -0.2) is 4.79 Å². The Morgan fingerprint density at radius 1 is 1.17 bits per heavy atom. The molecule has 3 heterocycles. The molecular weight excluding hydrogens is 392 g/mol. The SMILES string of the molecule is COc1ccccc1-n1c(SCC(=O)N2CCNC2=O)nnc1N1CCCCC1. The Balaban J connectivity index is 1.63. The maximum atomic E-state index is 12.5. The van der Waals surface area contributed by atoms with Crippen LogP contribution in [0.5, 0.6) is 5.75 Å². The molecule has 0 spiro atoms. The molecule has 154 valence electrons. The number of piperidine rings is 1. The number of anilines is 1. The summed E-state index contributed by atoms with van der Waals surface area (Å²) in [6.45, 7) is 2.73. The lowest BCUT2D eigenvalue weighted by Gasteiger charge is -2.28. The second-order valence-corrected chi connectivity index (χ2v) is 7.85. The van der Waals surface area contributed by atoms with Crippen LogP contribution in [0.3, 0.4) is 0 Å². The highest BCUT2D eigenvalue weighted by molar-refractivity contribution is 7.99. The number of rotatable bonds is 6. The molecule has 2 saturated heterocycles. The Bertz CT molecular complexity index is 896. The van der Waals surface area contributed by atoms with Crippen LogP contribution in [0.1, 0.15) is 19.3 Å². The fraction of sp³-hybridized carbons (Fsp3) is 0.474. The van der Waals surface area contributed by atoms with Gasteiger partial charge in [0.2, 0.25) is 11.9 Å². The van der Waals surface area contributed by atoms with E-state index >= 15 is 0 Å². The van der Waals surface area contributed by atoms with Gasteiger partial charge in [0.25, 0.3) is 0 Å². The number of urea groups is 1. The summed E-state index contributed by atoms with van der Waals surface area (Å²) in [5.74, 6) is 1.33. The lowest BCUT2D eigenvalue weighted by Crippen LogP contribution is -2.35. The molecular formula is C19H24N6O3S. The second-order valence-electron chi connectivity index (χ2n) is 6.90. The van der Waals surface area contributed by atoms with Crippen molar-refractivity contribution < 1.29 is 14.3 Å². The quantitative estimate of drug-likeness (QED) is 0.719. The molecule has 3 amide bonds. The molecule has 29 heavy (non-hydrogen) atoms. The number of carbonyl (C=O) groups is 2. The molecule has 0 bridgehead atoms. The Morgan fingerprint density at radius 3 is 2.69 bits per heavy atom. The van der Waals surface area contributed by atoms with Crippen molar-refractivity contribution in [2.75, 3.05) is 43.9 Å². The molecule has 10 heteroatoms. The zero-order valence-corrected chi connectivity index (χ0v) is 17.2. The third-order valence-corrected chi connectivity index (χ3v) is 5.98. The average Bonchev–Trinajstić information content (AvgIpc) is 3.38. The van der Waals surface area contributed by atoms with Crippen molar-refractivity contribution in [2.45, 2.75) is 24.4 Å². The number of aromatic nitrogens is 3. The van der Waals surface area contributed by atoms with Gasteiger partial charge in [-0.2, -0.15) is 0 Å². The molecule has 2 aromatic rings. The molecule has 2 aliphatic rings. The van der Waals surface area contributed by atoms with E-state index in [4.69, 9.17) is 4.74 Å². The predicted octanol–water partition coefficient (Wildman–Crippen LogP) is 1.91. The van der Waals surface area contributed by atoms with Gasteiger partial charge in [0.05, 0.1) is 18.6 Å². The van der Waals surface area contributed by atoms with Crippen LogP contribution in [0.4, 0.5) is 10.7 Å². The minimum atomic E-state index is -0.337. The van der Waals surface area contributed by atoms with E-state index in [0.29, 0.717) is 24.0 Å². The number of nitrogens with one attached hydrogen (secondary N) is 1. The van der Waals surface area contributed by atoms with Gasteiger partial charge in [-0.05, 0) is 31.4 Å². The highest BCUT2D eigenvalue weighted by Crippen LogP contribution is 2.32. The summed E-state index contributed by atoms with van der Waals surface area (Å²) in [5, 5.41) is 12.1. The van der Waals surface area contributed by atoms with E-state index in [1.54, 1.807) is 7.11 Å². The third-order valence-electron chi connectivity index (χ3n) is 5.06. The number of imide groups is 1. The number of methoxy groups -OCH3 is 1. The van der Waals surface area contributed by atoms with Crippen LogP contribution < -0.4 is 15.0 Å². The normalized spacial score (nSPS) is 16.8. The topological polar surface area (TPSA) is 92.6 Å². The largest absolute Gasteiger partial charge is 0.495 e. The fourth-order valence-corrected chi connectivity index (χ4v) is 4.41. The monoisotopic (exact) mass is 416 g/mol. The van der Waals surface area contributed by atoms with Crippen LogP contribution >= 0.6 is 11.8 Å². The summed E-state index contributed by atoms with van der Waals surface area (Å²) in [6.07, 6.45) is 3.45. The van der Waals surface area contributed by atoms with Crippen molar-refractivity contribution in [3.05, 3.63) is 24.3 Å². The van der Waals surface area contributed by atoms with Gasteiger partial charge in [-0.15, -0.1) is 10.2 Å². The third kappa shape index (κ3) is 4.02. The first kappa shape index (κ1) is 19.6. The zero-order chi connectivity index (χ0) is 20.2. The van der Waals surface area contributed by atoms with E-state index in [2.05, 4.69) is 20.4 Å². The Labute approximate surface area is 173 Å². The Kier molecular flexibility index (Phi) is 5.89. The van der Waals surface area contributed by atoms with Crippen molar-refractivity contribution in [1.29, 1.82) is 0 Å². The van der Waals surface area contributed by atoms with E-state index in [0.717, 1.165) is 37.6 Å². The van der Waals surface area contributed by atoms with E-state index < -0.39 is 0 Å². The van der Waals surface area contributed by atoms with Crippen molar-refractivity contribution in [3.63, 3.8) is 0 Å². The molecule has 0 unspecified atom stereocenters. The molecule has 9 nitrogen and oxygen atoms in total. The molecule has 1 aromatic carbocycles. The number of nitrogens with zero attached hydrogens (tertiary/aromatic N) is 5. The summed E-state index contributed by atoms with van der Waals surface area (Å²) >= 11 is 1.28. The average molecular weight is 417 g/mol. The number of carbonyl (C=O) groups excluding carboxylic acids is 2. The first-order chi connectivity index (χ1) is 14.2. The number of ether oxygens (including phenoxy) is 1. The molecule has 1 aromatic heterocycles. The Morgan fingerprint density at radius 2 is 1.97 bits per heavy atom. The smallest absolute Gasteiger partial charge is 0.324 e. The zero-order valence-electron chi connectivity index (χ0n) is 16.3. The van der Waals surface area contributed by atoms with Gasteiger partial charge in [-0.1, -0.05) is 23.9 Å². The van der Waals surface area contributed by atoms with Crippen LogP contribution in [0.25, 0.3) is 5.69 Å². The standard InChI is InChI=1S/C19H24N6O3S/c1-28-15-8-4-3-7-14(15)25-17(23-10-5-2-6-11-23)21-22-19(25)29-13-16(26)24-12-9-20-18(24)27/h3-4,7-8H,2,5-6,9-13H2,1H3,(H,20,27). The van der Waals surface area contributed by atoms with Gasteiger partial charge < -0.3 is 15.0 Å². The molecule has 1 N–H and O–H groups in total. The lowest BCUT2D eigenvalue weighted by atomic mass is 10.1. The van der Waals surface area contributed by atoms with E-state index in [1.807, 2.05) is 28.8 Å². The van der Waals surface area contributed by atoms with E-state index in [9.17, 15) is 9.59 Å². The molecule has 0 aliphatic carbocycles. The summed E-state index contributed by atoms with van der Waals surface area (Å²) in [6, 6.07) is 7.36. The van der Waals surface area contributed by atoms with Gasteiger partial charge in [0, 0.05) is 26.2 Å². The first-order valence-corrected chi connectivity index (χ1v) is 10.7. The number of amides is 3. The maximum absolute atomic E-state index is 12.5. The molecule has 2 fully saturated rings. The highest BCUT2D eigenvalue weighted by atomic mass is 32.2. The van der Waals surface area contributed by atoms with E-state index in [-0.39, 0.29) is 17.7 Å². The molecule has 0 radical (unpaired) electrons. The van der Waals surface area contributed by atoms with E-state index in [1.165, 1.54) is 23.1 Å². The maximum Gasteiger partial charge on any atom is 0.324 e. The van der Waals surface area contributed by atoms with Crippen LogP contribution in [-0.4, -0.2) is 70.6 Å². The van der Waals surface area contributed by atoms with Crippen LogP contribution in [0, 0.1) is 0 Å². The minimum absolute atomic E-state index is 0.112. The van der Waals surface area contributed by atoms with Crippen LogP contribution in [0.2, 0.25) is 0 Å². The number of hydrogen-bond acceptors (Lipinski definition) is 7. The predicted molar refractivity (Wildman–Crippen MR) is 110 cm³/mol. The molecule has 0 atom stereocenters. The first-order valence-electron chi connectivity index (χ1n) is 9.74. The number of thioether (sulfide) groups is 1. The molecule has 2 aliphatic heterocycles. The summed E-state index contributed by atoms with van der Waals surface area (Å²) in [4.78, 5) is 27.7. The molecule has 0 saturated carbocycles. The highest BCUT2D eigenvalue weighted by Gasteiger charge is 2.28. The minimum Gasteiger partial charge on any atom is -0.495 e. The van der Waals surface area contributed by atoms with Gasteiger partial charge in [-0.3, -0.25) is 14.3 Å². The van der Waals surface area contributed by atoms with Crippen molar-refractivity contribution in [3.8, 4) is 11.4 Å². The van der Waals surface area contributed by atoms with Gasteiger partial charge in [0.15, 0.2) is 5.16 Å². The number of hydrogen-bond donors (Lipinski definition) is 1. The van der Waals surface area contributed by atoms with Gasteiger partial charge >= 0.3 is 6.03 Å². The lowest BCUT2D eigenvalue weighted by molar-refractivity contribution is -0.124. The van der Waals surface area contributed by atoms with Gasteiger partial charge in [0.1, 0.15) is 5.75 Å². The van der Waals surface area contributed by atoms with Crippen molar-refractivity contribution in [1.82, 2.24) is 25.0 Å². The summed E-state index contributed by atoms with van der Waals surface area (Å²) in [5.41, 5.74) is 0.828. The Hall–Kier alpha value is -2.75. The second kappa shape index (κ2) is 8.73. The fourth-order valence-electron chi connectivity index (χ4n) is 3.59. The summed E-state index contributed by atoms with van der Waals surface area (Å²) < 4.78 is 7.51. The summed E-state index contributed by atoms with van der Waals surface area (Å²) in [7, 11) is 1.63. The number of benzene rings is 1. The van der Waals surface area contributed by atoms with Crippen molar-refractivity contribution >= 4 is 29.6 Å². The van der Waals surface area contributed by atoms with Crippen LogP contribution in [0.15, 0.2) is 29.4 Å². The van der Waals surface area contributed by atoms with Crippen molar-refractivity contribution in [2.24, 2.45) is 0 Å². The van der Waals surface area contributed by atoms with Crippen LogP contribution in [-0.2, 0) is 4.79 Å². The number of para-hydroxylation sites is 2. The molecule has 4 rings (SSSR count).